The number of benzene rings is 2. The van der Waals surface area contributed by atoms with Gasteiger partial charge in [-0.2, -0.15) is 0 Å². The molecule has 2 aromatic carbocycles. The molecular formula is C95H134F4LiN5O17S2. The summed E-state index contributed by atoms with van der Waals surface area (Å²) >= 11 is 0. The summed E-state index contributed by atoms with van der Waals surface area (Å²) in [6.07, 6.45) is 28.3. The third-order valence-corrected chi connectivity index (χ3v) is 41.3. The maximum atomic E-state index is 14.5. The maximum Gasteiger partial charge on any atom is 1.00 e. The Labute approximate surface area is 743 Å². The van der Waals surface area contributed by atoms with Gasteiger partial charge in [0.05, 0.1) is 58.7 Å². The molecule has 8 unspecified atom stereocenters. The van der Waals surface area contributed by atoms with Crippen molar-refractivity contribution >= 4 is 67.6 Å². The van der Waals surface area contributed by atoms with Crippen molar-refractivity contribution in [1.82, 2.24) is 23.5 Å². The molecule has 22 nitrogen and oxygen atoms in total. The van der Waals surface area contributed by atoms with Crippen molar-refractivity contribution in [2.45, 2.75) is 269 Å². The summed E-state index contributed by atoms with van der Waals surface area (Å²) in [5, 5.41) is 9.65. The van der Waals surface area contributed by atoms with Crippen LogP contribution in [0.3, 0.4) is 0 Å². The van der Waals surface area contributed by atoms with Gasteiger partial charge in [-0.3, -0.25) is 38.4 Å². The number of carboxylic acids is 1. The number of carbonyl (C=O) groups excluding carboxylic acids is 7. The third kappa shape index (κ3) is 15.6. The van der Waals surface area contributed by atoms with Gasteiger partial charge in [0.1, 0.15) is 0 Å². The minimum Gasteiger partial charge on any atom is -0.870 e. The molecule has 682 valence electrons. The zero-order chi connectivity index (χ0) is 88.6. The molecule has 0 bridgehead atoms. The summed E-state index contributed by atoms with van der Waals surface area (Å²) in [6, 6.07) is 13.7. The van der Waals surface area contributed by atoms with Gasteiger partial charge in [-0.15, -0.1) is 4.48 Å². The number of hydrogen-bond donors (Lipinski definition) is 1. The van der Waals surface area contributed by atoms with Crippen molar-refractivity contribution in [3.63, 3.8) is 0 Å². The van der Waals surface area contributed by atoms with Crippen molar-refractivity contribution in [2.75, 3.05) is 49.5 Å². The smallest absolute Gasteiger partial charge is 0.870 e. The van der Waals surface area contributed by atoms with E-state index in [1.807, 2.05) is 7.05 Å². The molecule has 29 heteroatoms. The number of carboxylic acid groups (broad SMARTS) is 1. The molecule has 29 atom stereocenters. The van der Waals surface area contributed by atoms with E-state index in [1.165, 1.54) is 77.0 Å². The van der Waals surface area contributed by atoms with Gasteiger partial charge in [0.15, 0.2) is 17.8 Å². The van der Waals surface area contributed by atoms with Gasteiger partial charge in [0.2, 0.25) is 5.91 Å². The number of fused-ring (bicyclic) bond motifs is 20. The molecule has 2 aromatic rings. The van der Waals surface area contributed by atoms with Crippen LogP contribution in [-0.4, -0.2) is 178 Å². The third-order valence-electron chi connectivity index (χ3n) is 37.6. The summed E-state index contributed by atoms with van der Waals surface area (Å²) in [4.78, 5) is 103. The van der Waals surface area contributed by atoms with E-state index in [0.717, 1.165) is 171 Å². The Hall–Kier alpha value is -6.18. The number of carbonyl (C=O) groups is 8. The van der Waals surface area contributed by atoms with Crippen LogP contribution in [0.1, 0.15) is 229 Å². The molecule has 4 aliphatic heterocycles. The molecule has 0 radical (unpaired) electrons. The number of halogens is 4. The van der Waals surface area contributed by atoms with Gasteiger partial charge >= 0.3 is 42.7 Å². The molecule has 2 N–H and O–H groups in total. The number of hydrogen-bond acceptors (Lipinski definition) is 16. The van der Waals surface area contributed by atoms with E-state index in [2.05, 4.69) is 60.3 Å². The average molecular weight is 1770 g/mol. The summed E-state index contributed by atoms with van der Waals surface area (Å²) in [6.45, 7) is 18.0. The number of likely N-dealkylation sites (tertiary alicyclic amines) is 2. The van der Waals surface area contributed by atoms with Crippen LogP contribution < -0.4 is 18.9 Å². The maximum absolute atomic E-state index is 14.5. The standard InChI is InChI=1S/C21H32FNO3.C21H30FNO3.C21H33NO3.C20H28FNO3.C12H10FNO4S2.Li.H2O/c2*1-20-10-9-14-12(13(20)6-7-15(20)19(25)26-4)5-8-17-21(14,2)11-16(22)18(24)23(17)3;1-20-11-9-15-13(14(20)6-7-16(20)19(24)25-4)5-8-17-21(15,2)12-10-18(23)22(17)3;1-19-9-8-13-11(12(19)5-6-14(19)18(24)25)4-7-16-20(13,2)10-15(21)17(23)22(16)3;13-14(19(15,16)11-7-3-1-4-8-11)20(17,18)12-9-5-2-6-10-12;;/h12-17H,5-11H2,1-4H3;11-15,17H,5-10H2,1-4H3;13-17H,5-12H2,1-4H3;10-14,16H,4-9H2,1-3H3,(H,24,25);1-10H;;1H2/q;;;;;+1;/p-1/t12?,13-,14?,15+,16+,17+,20-,21+;12?,13-,14?,15+,17+,20-,21+;13?,14-,15?,16+,17+,20-,21+;11?,12-,13?,14+,16+,19-,20+;;;/m0000.../s1. The SMILES string of the molecule is CN1C(=O)C(F)=C[C@]2(C)C3CC[C@]4(C)[C@@H](C(=O)O)CC[C@H]4C3CC[C@@H]12.COC(=O)[C@H]1CC[C@H]2C3CC[C@H]4N(C)C(=O)C(F)=C[C@]4(C)C3CC[C@]12C.COC(=O)[C@H]1CC[C@H]2C3CC[C@H]4N(C)C(=O)CC[C@]4(C)C3CC[C@]12C.COC(=O)[C@H]1CC[C@H]2C3CC[C@H]4N(C)C(=O)[C@H](F)C[C@]4(C)C3CC[C@]12C.O=S(=O)(c1ccccc1)N(F)S(=O)(=O)c1ccccc1.[Li+].[OH-]. The van der Waals surface area contributed by atoms with E-state index in [0.29, 0.717) is 89.9 Å². The van der Waals surface area contributed by atoms with E-state index in [1.54, 1.807) is 48.0 Å². The second-order valence-electron chi connectivity index (χ2n) is 42.0. The predicted octanol–water partition coefficient (Wildman–Crippen LogP) is 13.3. The van der Waals surface area contributed by atoms with Crippen LogP contribution in [0.25, 0.3) is 0 Å². The Kier molecular flexibility index (Phi) is 27.8. The summed E-state index contributed by atoms with van der Waals surface area (Å²) < 4.78 is 119. The number of esters is 3. The largest absolute Gasteiger partial charge is 1.00 e. The molecular weight excluding hydrogens is 1630 g/mol. The number of sulfonamides is 2. The molecule has 16 aliphatic rings. The number of alkyl halides is 1. The second kappa shape index (κ2) is 35.6. The number of piperidine rings is 2. The predicted molar refractivity (Wildman–Crippen MR) is 451 cm³/mol. The normalized spacial score (nSPS) is 42.4. The number of nitrogens with zero attached hydrogens (tertiary/aromatic N) is 5. The first-order valence-electron chi connectivity index (χ1n) is 45.4. The summed E-state index contributed by atoms with van der Waals surface area (Å²) in [7, 11) is 2.25. The van der Waals surface area contributed by atoms with Crippen LogP contribution >= 0.6 is 0 Å². The van der Waals surface area contributed by atoms with Gasteiger partial charge in [0, 0.05) is 69.6 Å². The number of ether oxygens (including phenoxy) is 3. The fourth-order valence-electron chi connectivity index (χ4n) is 31.5. The molecule has 0 spiro atoms. The molecule has 18 rings (SSSR count). The van der Waals surface area contributed by atoms with Gasteiger partial charge in [-0.25, -0.2) is 30.0 Å². The summed E-state index contributed by atoms with van der Waals surface area (Å²) in [5.41, 5.74) is -0.521. The molecule has 14 fully saturated rings. The van der Waals surface area contributed by atoms with Gasteiger partial charge in [0.25, 0.3) is 37.8 Å². The average Bonchev–Trinajstić information content (AvgIpc) is 1.55. The molecule has 4 heterocycles. The number of amides is 4. The fraction of sp³-hybridized carbons (Fsp3) is 0.747. The van der Waals surface area contributed by atoms with Crippen LogP contribution in [0.5, 0.6) is 0 Å². The van der Waals surface area contributed by atoms with E-state index >= 15 is 0 Å². The van der Waals surface area contributed by atoms with Gasteiger partial charge in [-0.05, 0) is 307 Å². The number of aliphatic carboxylic acids is 1. The van der Waals surface area contributed by atoms with Gasteiger partial charge < -0.3 is 44.4 Å². The van der Waals surface area contributed by atoms with Crippen LogP contribution in [-0.2, 0) is 72.6 Å². The minimum absolute atomic E-state index is 0. The molecule has 4 amide bonds. The number of methoxy groups -OCH3 is 3. The molecule has 12 saturated carbocycles. The van der Waals surface area contributed by atoms with E-state index in [9.17, 15) is 78.0 Å². The zero-order valence-electron chi connectivity index (χ0n) is 75.7. The molecule has 124 heavy (non-hydrogen) atoms. The van der Waals surface area contributed by atoms with Crippen molar-refractivity contribution in [2.24, 2.45) is 138 Å². The number of likely N-dealkylation sites (N-methyl/N-ethyl adjacent to an activating group) is 2. The Morgan fingerprint density at radius 1 is 0.411 bits per heavy atom. The first-order chi connectivity index (χ1) is 57.4. The van der Waals surface area contributed by atoms with Crippen molar-refractivity contribution in [1.29, 1.82) is 0 Å². The summed E-state index contributed by atoms with van der Waals surface area (Å²) in [5.74, 6) is 2.99. The first kappa shape index (κ1) is 96.9. The second-order valence-corrected chi connectivity index (χ2v) is 45.7. The monoisotopic (exact) mass is 1760 g/mol. The molecule has 12 aliphatic carbocycles. The van der Waals surface area contributed by atoms with Crippen molar-refractivity contribution < 1.29 is 116 Å². The van der Waals surface area contributed by atoms with Gasteiger partial charge in [-0.1, -0.05) is 91.8 Å². The van der Waals surface area contributed by atoms with Crippen LogP contribution in [0.4, 0.5) is 17.7 Å². The van der Waals surface area contributed by atoms with Crippen LogP contribution in [0.15, 0.2) is 94.3 Å². The fourth-order valence-corrected chi connectivity index (χ4v) is 34.4. The number of rotatable bonds is 8. The Balaban J connectivity index is 0.000000141. The quantitative estimate of drug-likeness (QED) is 0.0844. The topological polar surface area (TPSA) is 299 Å². The molecule has 0 aromatic heterocycles. The van der Waals surface area contributed by atoms with Crippen molar-refractivity contribution in [3.8, 4) is 0 Å². The van der Waals surface area contributed by atoms with Crippen LogP contribution in [0.2, 0.25) is 0 Å². The Bertz CT molecular complexity index is 4620. The van der Waals surface area contributed by atoms with E-state index in [-0.39, 0.29) is 133 Å². The Morgan fingerprint density at radius 3 is 1.07 bits per heavy atom. The minimum atomic E-state index is -4.77. The Morgan fingerprint density at radius 2 is 0.718 bits per heavy atom. The zero-order valence-corrected chi connectivity index (χ0v) is 77.4. The van der Waals surface area contributed by atoms with E-state index in [4.69, 9.17) is 14.2 Å². The molecule has 2 saturated heterocycles. The van der Waals surface area contributed by atoms with E-state index < -0.39 is 69.4 Å². The van der Waals surface area contributed by atoms with Crippen LogP contribution in [0, 0.1) is 138 Å². The first-order valence-corrected chi connectivity index (χ1v) is 48.2. The van der Waals surface area contributed by atoms with Crippen molar-refractivity contribution in [3.05, 3.63) is 84.5 Å².